The number of aromatic amines is 1. The second-order valence-electron chi connectivity index (χ2n) is 4.48. The first-order chi connectivity index (χ1) is 8.75. The molecule has 2 atom stereocenters. The molecule has 0 amide bonds. The molecule has 1 aromatic carbocycles. The lowest BCUT2D eigenvalue weighted by Crippen LogP contribution is -2.27. The van der Waals surface area contributed by atoms with Crippen molar-refractivity contribution in [2.24, 2.45) is 0 Å². The normalized spacial score (nSPS) is 14.3. The molecule has 0 saturated heterocycles. The van der Waals surface area contributed by atoms with Gasteiger partial charge >= 0.3 is 0 Å². The van der Waals surface area contributed by atoms with Gasteiger partial charge in [-0.1, -0.05) is 30.3 Å². The van der Waals surface area contributed by atoms with E-state index in [4.69, 9.17) is 0 Å². The maximum absolute atomic E-state index is 10.1. The number of benzene rings is 1. The average molecular weight is 245 g/mol. The Kier molecular flexibility index (Phi) is 4.50. The van der Waals surface area contributed by atoms with Crippen LogP contribution >= 0.6 is 0 Å². The van der Waals surface area contributed by atoms with Gasteiger partial charge in [0.05, 0.1) is 12.6 Å². The van der Waals surface area contributed by atoms with Gasteiger partial charge in [-0.05, 0) is 18.9 Å². The molecule has 0 saturated carbocycles. The highest BCUT2D eigenvalue weighted by molar-refractivity contribution is 5.17. The van der Waals surface area contributed by atoms with Crippen LogP contribution in [0.3, 0.4) is 0 Å². The lowest BCUT2D eigenvalue weighted by molar-refractivity contribution is 0.153. The van der Waals surface area contributed by atoms with E-state index in [-0.39, 0.29) is 6.04 Å². The molecular weight excluding hydrogens is 226 g/mol. The highest BCUT2D eigenvalue weighted by Crippen LogP contribution is 2.17. The fourth-order valence-corrected chi connectivity index (χ4v) is 1.90. The van der Waals surface area contributed by atoms with Crippen LogP contribution in [0.4, 0.5) is 0 Å². The van der Waals surface area contributed by atoms with Crippen LogP contribution in [0.2, 0.25) is 0 Å². The molecule has 0 spiro atoms. The number of rotatable bonds is 6. The van der Waals surface area contributed by atoms with E-state index in [9.17, 15) is 5.11 Å². The zero-order valence-corrected chi connectivity index (χ0v) is 10.5. The van der Waals surface area contributed by atoms with E-state index >= 15 is 0 Å². The third kappa shape index (κ3) is 3.68. The van der Waals surface area contributed by atoms with E-state index in [1.54, 1.807) is 12.4 Å². The summed E-state index contributed by atoms with van der Waals surface area (Å²) in [6.45, 7) is 2.75. The lowest BCUT2D eigenvalue weighted by Gasteiger charge is -2.17. The number of imidazole rings is 1. The van der Waals surface area contributed by atoms with Crippen molar-refractivity contribution < 1.29 is 5.11 Å². The van der Waals surface area contributed by atoms with Crippen molar-refractivity contribution in [2.45, 2.75) is 32.0 Å². The topological polar surface area (TPSA) is 60.9 Å². The number of hydrogen-bond acceptors (Lipinski definition) is 3. The van der Waals surface area contributed by atoms with Crippen molar-refractivity contribution in [2.75, 3.05) is 0 Å². The number of hydrogen-bond donors (Lipinski definition) is 3. The predicted octanol–water partition coefficient (Wildman–Crippen LogP) is 2.01. The molecule has 4 heteroatoms. The van der Waals surface area contributed by atoms with Gasteiger partial charge in [0.1, 0.15) is 5.82 Å². The summed E-state index contributed by atoms with van der Waals surface area (Å²) in [7, 11) is 0. The maximum Gasteiger partial charge on any atom is 0.120 e. The van der Waals surface area contributed by atoms with Crippen molar-refractivity contribution in [1.29, 1.82) is 0 Å². The van der Waals surface area contributed by atoms with Crippen LogP contribution in [0.15, 0.2) is 42.7 Å². The monoisotopic (exact) mass is 245 g/mol. The summed E-state index contributed by atoms with van der Waals surface area (Å²) in [4.78, 5) is 7.19. The number of aromatic nitrogens is 2. The summed E-state index contributed by atoms with van der Waals surface area (Å²) in [5.74, 6) is 0.913. The summed E-state index contributed by atoms with van der Waals surface area (Å²) < 4.78 is 0. The van der Waals surface area contributed by atoms with Crippen LogP contribution in [-0.4, -0.2) is 21.1 Å². The smallest absolute Gasteiger partial charge is 0.120 e. The molecular formula is C14H19N3O. The second-order valence-corrected chi connectivity index (χ2v) is 4.48. The second kappa shape index (κ2) is 6.33. The first-order valence-electron chi connectivity index (χ1n) is 6.20. The van der Waals surface area contributed by atoms with Crippen molar-refractivity contribution in [3.8, 4) is 0 Å². The van der Waals surface area contributed by atoms with Crippen LogP contribution in [-0.2, 0) is 6.54 Å². The quantitative estimate of drug-likeness (QED) is 0.729. The van der Waals surface area contributed by atoms with Gasteiger partial charge in [-0.2, -0.15) is 0 Å². The summed E-state index contributed by atoms with van der Waals surface area (Å²) in [5.41, 5.74) is 0.962. The highest BCUT2D eigenvalue weighted by atomic mass is 16.3. The maximum atomic E-state index is 10.1. The molecule has 0 fully saturated rings. The fourth-order valence-electron chi connectivity index (χ4n) is 1.90. The molecule has 4 nitrogen and oxygen atoms in total. The molecule has 0 aliphatic heterocycles. The Balaban J connectivity index is 1.78. The van der Waals surface area contributed by atoms with Gasteiger partial charge in [-0.3, -0.25) is 0 Å². The van der Waals surface area contributed by atoms with Gasteiger partial charge in [0, 0.05) is 18.4 Å². The zero-order valence-electron chi connectivity index (χ0n) is 10.5. The zero-order chi connectivity index (χ0) is 12.8. The Labute approximate surface area is 107 Å². The Morgan fingerprint density at radius 3 is 2.78 bits per heavy atom. The van der Waals surface area contributed by atoms with Crippen LogP contribution in [0, 0.1) is 0 Å². The van der Waals surface area contributed by atoms with E-state index < -0.39 is 6.10 Å². The molecule has 96 valence electrons. The molecule has 2 rings (SSSR count). The van der Waals surface area contributed by atoms with Crippen LogP contribution in [0.25, 0.3) is 0 Å². The number of nitrogens with one attached hydrogen (secondary N) is 2. The van der Waals surface area contributed by atoms with E-state index in [0.717, 1.165) is 11.4 Å². The average Bonchev–Trinajstić information content (AvgIpc) is 2.90. The van der Waals surface area contributed by atoms with Crippen LogP contribution < -0.4 is 5.32 Å². The van der Waals surface area contributed by atoms with Gasteiger partial charge in [-0.25, -0.2) is 4.98 Å². The third-order valence-corrected chi connectivity index (χ3v) is 2.93. The summed E-state index contributed by atoms with van der Waals surface area (Å²) in [6, 6.07) is 9.96. The van der Waals surface area contributed by atoms with Crippen molar-refractivity contribution in [3.05, 3.63) is 54.1 Å². The molecule has 1 heterocycles. The number of aliphatic hydroxyl groups is 1. The highest BCUT2D eigenvalue weighted by Gasteiger charge is 2.11. The van der Waals surface area contributed by atoms with Crippen LogP contribution in [0.1, 0.15) is 30.8 Å². The summed E-state index contributed by atoms with van der Waals surface area (Å²) in [6.07, 6.45) is 3.80. The SMILES string of the molecule is C[C@@H](C[C@@H](O)c1ccccc1)NCc1ncc[nH]1. The minimum atomic E-state index is -0.426. The van der Waals surface area contributed by atoms with E-state index in [2.05, 4.69) is 22.2 Å². The van der Waals surface area contributed by atoms with Crippen molar-refractivity contribution in [3.63, 3.8) is 0 Å². The Morgan fingerprint density at radius 1 is 1.33 bits per heavy atom. The molecule has 18 heavy (non-hydrogen) atoms. The van der Waals surface area contributed by atoms with Crippen molar-refractivity contribution in [1.82, 2.24) is 15.3 Å². The Bertz CT molecular complexity index is 441. The van der Waals surface area contributed by atoms with E-state index in [1.807, 2.05) is 30.3 Å². The van der Waals surface area contributed by atoms with Gasteiger partial charge in [0.2, 0.25) is 0 Å². The number of nitrogens with zero attached hydrogens (tertiary/aromatic N) is 1. The first-order valence-corrected chi connectivity index (χ1v) is 6.20. The molecule has 1 aromatic heterocycles. The molecule has 2 aromatic rings. The van der Waals surface area contributed by atoms with Gasteiger partial charge in [0.15, 0.2) is 0 Å². The van der Waals surface area contributed by atoms with Crippen LogP contribution in [0.5, 0.6) is 0 Å². The Hall–Kier alpha value is -1.65. The summed E-state index contributed by atoms with van der Waals surface area (Å²) >= 11 is 0. The van der Waals surface area contributed by atoms with E-state index in [1.165, 1.54) is 0 Å². The fraction of sp³-hybridized carbons (Fsp3) is 0.357. The Morgan fingerprint density at radius 2 is 2.11 bits per heavy atom. The van der Waals surface area contributed by atoms with Crippen molar-refractivity contribution >= 4 is 0 Å². The molecule has 0 aliphatic rings. The molecule has 0 aliphatic carbocycles. The first kappa shape index (κ1) is 12.8. The van der Waals surface area contributed by atoms with Gasteiger partial charge in [-0.15, -0.1) is 0 Å². The van der Waals surface area contributed by atoms with Gasteiger partial charge in [0.25, 0.3) is 0 Å². The number of H-pyrrole nitrogens is 1. The molecule has 0 unspecified atom stereocenters. The molecule has 0 radical (unpaired) electrons. The van der Waals surface area contributed by atoms with E-state index in [0.29, 0.717) is 13.0 Å². The molecule has 3 N–H and O–H groups in total. The summed E-state index contributed by atoms with van der Waals surface area (Å²) in [5, 5.41) is 13.4. The van der Waals surface area contributed by atoms with Gasteiger partial charge < -0.3 is 15.4 Å². The largest absolute Gasteiger partial charge is 0.388 e. The standard InChI is InChI=1S/C14H19N3O/c1-11(17-10-14-15-7-8-16-14)9-13(18)12-5-3-2-4-6-12/h2-8,11,13,17-18H,9-10H2,1H3,(H,15,16)/t11-,13+/m0/s1. The number of aliphatic hydroxyl groups excluding tert-OH is 1. The third-order valence-electron chi connectivity index (χ3n) is 2.93. The minimum absolute atomic E-state index is 0.227. The minimum Gasteiger partial charge on any atom is -0.388 e. The molecule has 0 bridgehead atoms. The predicted molar refractivity (Wildman–Crippen MR) is 70.9 cm³/mol. The lowest BCUT2D eigenvalue weighted by atomic mass is 10.0.